The lowest BCUT2D eigenvalue weighted by atomic mass is 9.79. The van der Waals surface area contributed by atoms with Gasteiger partial charge in [-0.05, 0) is 81.8 Å². The molecule has 0 saturated carbocycles. The molecule has 0 spiro atoms. The van der Waals surface area contributed by atoms with E-state index in [1.54, 1.807) is 11.6 Å². The van der Waals surface area contributed by atoms with Crippen molar-refractivity contribution < 1.29 is 14.3 Å². The molecule has 4 aromatic carbocycles. The Morgan fingerprint density at radius 1 is 0.727 bits per heavy atom. The van der Waals surface area contributed by atoms with E-state index in [9.17, 15) is 9.59 Å². The molecule has 3 nitrogen and oxygen atoms in total. The Morgan fingerprint density at radius 2 is 1.58 bits per heavy atom. The molecule has 2 aliphatic carbocycles. The number of carbonyl (C=O) groups is 2. The molecule has 1 heterocycles. The highest BCUT2D eigenvalue weighted by atomic mass is 16.6. The van der Waals surface area contributed by atoms with Gasteiger partial charge in [0.05, 0.1) is 11.1 Å². The third kappa shape index (κ3) is 2.62. The standard InChI is InChI=1S/C30H20O3/c31-29-25-7-3-5-19-12-13-22(28(27(19)25)30(32)33-29)20-9-8-18-11-14-23-21-6-2-1-4-17(21)10-15-24(23)26(18)16-20/h2-3,5-9,11-14,16H,1,4,10,15H2. The minimum Gasteiger partial charge on any atom is -0.386 e. The quantitative estimate of drug-likeness (QED) is 0.242. The predicted molar refractivity (Wildman–Crippen MR) is 130 cm³/mol. The van der Waals surface area contributed by atoms with E-state index in [2.05, 4.69) is 42.5 Å². The second kappa shape index (κ2) is 6.76. The number of cyclic esters (lactones) is 2. The van der Waals surface area contributed by atoms with Crippen molar-refractivity contribution in [3.63, 3.8) is 0 Å². The van der Waals surface area contributed by atoms with Crippen molar-refractivity contribution in [2.45, 2.75) is 25.7 Å². The number of aryl methyl sites for hydroxylation is 1. The molecule has 7 rings (SSSR count). The Hall–Kier alpha value is -3.98. The largest absolute Gasteiger partial charge is 0.386 e. The molecule has 0 saturated heterocycles. The minimum atomic E-state index is -0.576. The van der Waals surface area contributed by atoms with Gasteiger partial charge in [0.25, 0.3) is 0 Å². The first-order chi connectivity index (χ1) is 16.2. The Balaban J connectivity index is 1.48. The highest BCUT2D eigenvalue weighted by Crippen LogP contribution is 2.42. The summed E-state index contributed by atoms with van der Waals surface area (Å²) in [7, 11) is 0. The van der Waals surface area contributed by atoms with E-state index in [1.807, 2.05) is 24.3 Å². The minimum absolute atomic E-state index is 0.450. The molecule has 0 amide bonds. The molecular formula is C30H20O3. The summed E-state index contributed by atoms with van der Waals surface area (Å²) in [6.45, 7) is 0. The maximum atomic E-state index is 12.9. The number of allylic oxidation sites excluding steroid dienone is 4. The first-order valence-electron chi connectivity index (χ1n) is 11.5. The van der Waals surface area contributed by atoms with Gasteiger partial charge in [-0.1, -0.05) is 66.3 Å². The van der Waals surface area contributed by atoms with Crippen LogP contribution in [0.4, 0.5) is 0 Å². The summed E-state index contributed by atoms with van der Waals surface area (Å²) < 4.78 is 5.11. The molecule has 0 fully saturated rings. The molecule has 0 radical (unpaired) electrons. The van der Waals surface area contributed by atoms with Crippen LogP contribution in [0.2, 0.25) is 0 Å². The Morgan fingerprint density at radius 3 is 2.52 bits per heavy atom. The smallest absolute Gasteiger partial charge is 0.347 e. The maximum absolute atomic E-state index is 12.9. The zero-order chi connectivity index (χ0) is 22.1. The molecule has 0 atom stereocenters. The third-order valence-electron chi connectivity index (χ3n) is 7.34. The Labute approximate surface area is 191 Å². The molecule has 158 valence electrons. The Bertz CT molecular complexity index is 1620. The zero-order valence-electron chi connectivity index (χ0n) is 18.0. The molecular weight excluding hydrogens is 408 g/mol. The van der Waals surface area contributed by atoms with E-state index >= 15 is 0 Å². The van der Waals surface area contributed by atoms with Crippen LogP contribution in [0.15, 0.2) is 78.4 Å². The molecule has 0 bridgehead atoms. The van der Waals surface area contributed by atoms with Crippen LogP contribution in [0.1, 0.15) is 51.1 Å². The fraction of sp³-hybridized carbons (Fsp3) is 0.133. The van der Waals surface area contributed by atoms with Crippen molar-refractivity contribution in [1.29, 1.82) is 0 Å². The second-order valence-corrected chi connectivity index (χ2v) is 9.05. The zero-order valence-corrected chi connectivity index (χ0v) is 18.0. The maximum Gasteiger partial charge on any atom is 0.347 e. The van der Waals surface area contributed by atoms with Gasteiger partial charge >= 0.3 is 11.9 Å². The Kier molecular flexibility index (Phi) is 3.80. The number of hydrogen-bond donors (Lipinski definition) is 0. The monoisotopic (exact) mass is 428 g/mol. The predicted octanol–water partition coefficient (Wildman–Crippen LogP) is 7.02. The number of benzene rings is 4. The number of rotatable bonds is 1. The first kappa shape index (κ1) is 18.6. The summed E-state index contributed by atoms with van der Waals surface area (Å²) in [4.78, 5) is 25.2. The van der Waals surface area contributed by atoms with Crippen LogP contribution in [0.3, 0.4) is 0 Å². The van der Waals surface area contributed by atoms with Crippen molar-refractivity contribution >= 4 is 39.1 Å². The van der Waals surface area contributed by atoms with Crippen LogP contribution in [0.5, 0.6) is 0 Å². The number of hydrogen-bond acceptors (Lipinski definition) is 3. The van der Waals surface area contributed by atoms with Crippen molar-refractivity contribution in [2.24, 2.45) is 0 Å². The lowest BCUT2D eigenvalue weighted by Gasteiger charge is -2.25. The van der Waals surface area contributed by atoms with Crippen molar-refractivity contribution in [3.05, 3.63) is 101 Å². The third-order valence-corrected chi connectivity index (χ3v) is 7.34. The lowest BCUT2D eigenvalue weighted by molar-refractivity contribution is 0.0392. The number of ether oxygens (including phenoxy) is 1. The van der Waals surface area contributed by atoms with Gasteiger partial charge in [-0.15, -0.1) is 0 Å². The van der Waals surface area contributed by atoms with Gasteiger partial charge in [0.2, 0.25) is 0 Å². The van der Waals surface area contributed by atoms with E-state index in [-0.39, 0.29) is 0 Å². The van der Waals surface area contributed by atoms with Crippen LogP contribution >= 0.6 is 0 Å². The van der Waals surface area contributed by atoms with Crippen LogP contribution in [-0.4, -0.2) is 11.9 Å². The molecule has 0 N–H and O–H groups in total. The van der Waals surface area contributed by atoms with Gasteiger partial charge in [-0.3, -0.25) is 0 Å². The van der Waals surface area contributed by atoms with Crippen LogP contribution in [0.25, 0.3) is 38.2 Å². The number of esters is 2. The van der Waals surface area contributed by atoms with E-state index in [0.717, 1.165) is 42.2 Å². The average Bonchev–Trinajstić information content (AvgIpc) is 2.86. The van der Waals surface area contributed by atoms with Crippen LogP contribution in [-0.2, 0) is 11.2 Å². The van der Waals surface area contributed by atoms with Gasteiger partial charge in [-0.25, -0.2) is 9.59 Å². The lowest BCUT2D eigenvalue weighted by Crippen LogP contribution is -2.20. The van der Waals surface area contributed by atoms with Gasteiger partial charge < -0.3 is 4.74 Å². The summed E-state index contributed by atoms with van der Waals surface area (Å²) in [5.74, 6) is -1.15. The van der Waals surface area contributed by atoms with Gasteiger partial charge in [-0.2, -0.15) is 0 Å². The normalized spacial score (nSPS) is 16.7. The molecule has 0 aromatic heterocycles. The van der Waals surface area contributed by atoms with Crippen molar-refractivity contribution in [3.8, 4) is 11.1 Å². The van der Waals surface area contributed by atoms with Crippen molar-refractivity contribution in [2.75, 3.05) is 0 Å². The van der Waals surface area contributed by atoms with Gasteiger partial charge in [0.1, 0.15) is 0 Å². The second-order valence-electron chi connectivity index (χ2n) is 9.05. The molecule has 3 aliphatic rings. The summed E-state index contributed by atoms with van der Waals surface area (Å²) in [6.07, 6.45) is 9.00. The van der Waals surface area contributed by atoms with E-state index < -0.39 is 11.9 Å². The van der Waals surface area contributed by atoms with E-state index in [1.165, 1.54) is 27.5 Å². The molecule has 0 unspecified atom stereocenters. The first-order valence-corrected chi connectivity index (χ1v) is 11.5. The molecule has 1 aliphatic heterocycles. The topological polar surface area (TPSA) is 43.4 Å². The fourth-order valence-electron chi connectivity index (χ4n) is 5.79. The summed E-state index contributed by atoms with van der Waals surface area (Å²) in [5, 5.41) is 4.00. The molecule has 33 heavy (non-hydrogen) atoms. The van der Waals surface area contributed by atoms with E-state index in [4.69, 9.17) is 4.74 Å². The number of carbonyl (C=O) groups excluding carboxylic acids is 2. The molecule has 4 aromatic rings. The average molecular weight is 428 g/mol. The van der Waals surface area contributed by atoms with Crippen LogP contribution < -0.4 is 0 Å². The van der Waals surface area contributed by atoms with Crippen LogP contribution in [0, 0.1) is 0 Å². The van der Waals surface area contributed by atoms with E-state index in [0.29, 0.717) is 16.5 Å². The SMILES string of the molecule is O=C1OC(=O)c2c(-c3ccc4ccc5c(c4c3)CCC3=C5C=CCC3)ccc3cccc1c23. The molecule has 3 heteroatoms. The highest BCUT2D eigenvalue weighted by Gasteiger charge is 2.30. The fourth-order valence-corrected chi connectivity index (χ4v) is 5.79. The summed E-state index contributed by atoms with van der Waals surface area (Å²) >= 11 is 0. The highest BCUT2D eigenvalue weighted by molar-refractivity contribution is 6.23. The van der Waals surface area contributed by atoms with Gasteiger partial charge in [0.15, 0.2) is 0 Å². The summed E-state index contributed by atoms with van der Waals surface area (Å²) in [6, 6.07) is 20.3. The van der Waals surface area contributed by atoms with Gasteiger partial charge in [0, 0.05) is 5.39 Å². The number of fused-ring (bicyclic) bond motifs is 4. The summed E-state index contributed by atoms with van der Waals surface area (Å²) in [5.41, 5.74) is 8.38. The van der Waals surface area contributed by atoms with Crippen molar-refractivity contribution in [1.82, 2.24) is 0 Å².